The molecule has 0 amide bonds. The summed E-state index contributed by atoms with van der Waals surface area (Å²) in [6, 6.07) is 3.25. The molecular weight excluding hydrogens is 546 g/mol. The number of carbonyl (C=O) groups is 1. The number of aromatic carboxylic acids is 1. The summed E-state index contributed by atoms with van der Waals surface area (Å²) in [5, 5.41) is 7.58. The quantitative estimate of drug-likeness (QED) is 0.262. The molecule has 0 heterocycles. The predicted octanol–water partition coefficient (Wildman–Crippen LogP) is 6.64. The first kappa shape index (κ1) is 28.6. The Kier molecular flexibility index (Phi) is 8.55. The molecule has 0 aliphatic heterocycles. The maximum absolute atomic E-state index is 12.3. The number of rotatable bonds is 3. The molecule has 0 radical (unpaired) electrons. The van der Waals surface area contributed by atoms with E-state index < -0.39 is 61.4 Å². The minimum atomic E-state index is -6.09. The van der Waals surface area contributed by atoms with Crippen molar-refractivity contribution < 1.29 is 62.0 Å². The number of halogens is 11. The Morgan fingerprint density at radius 2 is 1.21 bits per heavy atom. The molecule has 2 rings (SSSR count). The van der Waals surface area contributed by atoms with Gasteiger partial charge in [0.25, 0.3) is 0 Å². The van der Waals surface area contributed by atoms with Crippen LogP contribution < -0.4 is 4.18 Å². The molecule has 17 heteroatoms. The van der Waals surface area contributed by atoms with Crippen LogP contribution in [0.1, 0.15) is 21.5 Å². The van der Waals surface area contributed by atoms with Gasteiger partial charge in [0.15, 0.2) is 5.75 Å². The Bertz CT molecular complexity index is 1130. The van der Waals surface area contributed by atoms with Crippen LogP contribution in [0.2, 0.25) is 10.0 Å². The van der Waals surface area contributed by atoms with Gasteiger partial charge in [0.1, 0.15) is 0 Å². The molecule has 0 aromatic heterocycles. The van der Waals surface area contributed by atoms with Crippen LogP contribution in [-0.2, 0) is 22.5 Å². The van der Waals surface area contributed by atoms with Gasteiger partial charge in [0, 0.05) is 0 Å². The van der Waals surface area contributed by atoms with Crippen LogP contribution in [0.5, 0.6) is 5.75 Å². The molecule has 0 saturated heterocycles. The van der Waals surface area contributed by atoms with Crippen LogP contribution >= 0.6 is 23.2 Å². The van der Waals surface area contributed by atoms with Gasteiger partial charge in [-0.3, -0.25) is 0 Å². The van der Waals surface area contributed by atoms with Gasteiger partial charge in [-0.2, -0.15) is 47.9 Å². The topological polar surface area (TPSA) is 80.7 Å². The van der Waals surface area contributed by atoms with Crippen LogP contribution in [0.4, 0.5) is 39.5 Å². The molecule has 1 N–H and O–H groups in total. The van der Waals surface area contributed by atoms with Gasteiger partial charge < -0.3 is 9.29 Å². The maximum Gasteiger partial charge on any atom is 0.534 e. The van der Waals surface area contributed by atoms with Crippen molar-refractivity contribution in [2.24, 2.45) is 0 Å². The highest BCUT2D eigenvalue weighted by Gasteiger charge is 2.49. The lowest BCUT2D eigenvalue weighted by Crippen LogP contribution is -2.28. The van der Waals surface area contributed by atoms with Gasteiger partial charge in [-0.15, -0.1) is 0 Å². The van der Waals surface area contributed by atoms with Gasteiger partial charge in [-0.05, 0) is 36.4 Å². The lowest BCUT2D eigenvalue weighted by atomic mass is 10.1. The second kappa shape index (κ2) is 9.85. The summed E-state index contributed by atoms with van der Waals surface area (Å²) in [6.07, 6.45) is -9.44. The zero-order chi connectivity index (χ0) is 26.0. The highest BCUT2D eigenvalue weighted by Crippen LogP contribution is 2.37. The van der Waals surface area contributed by atoms with E-state index in [-0.39, 0.29) is 11.1 Å². The van der Waals surface area contributed by atoms with E-state index in [2.05, 4.69) is 4.18 Å². The fourth-order valence-electron chi connectivity index (χ4n) is 1.77. The molecule has 0 aliphatic rings. The third kappa shape index (κ3) is 7.85. The van der Waals surface area contributed by atoms with Crippen LogP contribution in [0.25, 0.3) is 0 Å². The van der Waals surface area contributed by atoms with E-state index in [0.29, 0.717) is 18.2 Å². The van der Waals surface area contributed by atoms with Gasteiger partial charge in [-0.25, -0.2) is 4.79 Å². The number of benzene rings is 2. The molecule has 0 unspecified atom stereocenters. The van der Waals surface area contributed by atoms with Crippen molar-refractivity contribution in [3.8, 4) is 5.75 Å². The van der Waals surface area contributed by atoms with Crippen LogP contribution in [0.15, 0.2) is 36.4 Å². The van der Waals surface area contributed by atoms with E-state index in [1.54, 1.807) is 0 Å². The molecule has 0 spiro atoms. The first-order chi connectivity index (χ1) is 14.7. The third-order valence-electron chi connectivity index (χ3n) is 3.27. The van der Waals surface area contributed by atoms with E-state index in [4.69, 9.17) is 28.3 Å². The van der Waals surface area contributed by atoms with Crippen molar-refractivity contribution in [1.29, 1.82) is 0 Å². The summed E-state index contributed by atoms with van der Waals surface area (Å²) in [6.45, 7) is 0. The van der Waals surface area contributed by atoms with Crippen LogP contribution in [0.3, 0.4) is 0 Å². The fourth-order valence-corrected chi connectivity index (χ4v) is 2.64. The lowest BCUT2D eigenvalue weighted by Gasteiger charge is -2.12. The average Bonchev–Trinajstić information content (AvgIpc) is 2.61. The molecule has 0 atom stereocenters. The Morgan fingerprint density at radius 3 is 1.61 bits per heavy atom. The molecule has 33 heavy (non-hydrogen) atoms. The fraction of sp³-hybridized carbons (Fsp3) is 0.188. The summed E-state index contributed by atoms with van der Waals surface area (Å²) in [5.74, 6) is -2.74. The summed E-state index contributed by atoms with van der Waals surface area (Å²) < 4.78 is 134. The zero-order valence-corrected chi connectivity index (χ0v) is 17.4. The van der Waals surface area contributed by atoms with E-state index in [1.165, 1.54) is 0 Å². The molecule has 5 nitrogen and oxygen atoms in total. The van der Waals surface area contributed by atoms with Crippen molar-refractivity contribution in [2.75, 3.05) is 0 Å². The van der Waals surface area contributed by atoms with Crippen molar-refractivity contribution in [2.45, 2.75) is 17.9 Å². The number of carboxylic acid groups (broad SMARTS) is 1. The van der Waals surface area contributed by atoms with Crippen molar-refractivity contribution in [3.63, 3.8) is 0 Å². The molecular formula is C16H7Cl2F9O5S. The van der Waals surface area contributed by atoms with Crippen molar-refractivity contribution in [1.82, 2.24) is 0 Å². The molecule has 0 aliphatic carbocycles. The summed E-state index contributed by atoms with van der Waals surface area (Å²) >= 11 is 10.7. The Hall–Kier alpha value is -2.39. The normalized spacial score (nSPS) is 12.6. The molecule has 0 saturated carbocycles. The van der Waals surface area contributed by atoms with Gasteiger partial charge >= 0.3 is 33.9 Å². The Balaban J connectivity index is 0.000000346. The lowest BCUT2D eigenvalue weighted by molar-refractivity contribution is -0.138. The maximum atomic E-state index is 12.3. The van der Waals surface area contributed by atoms with Gasteiger partial charge in [-0.1, -0.05) is 23.2 Å². The summed E-state index contributed by atoms with van der Waals surface area (Å²) in [7, 11) is -6.09. The summed E-state index contributed by atoms with van der Waals surface area (Å²) in [4.78, 5) is 10.4. The van der Waals surface area contributed by atoms with E-state index in [0.717, 1.165) is 12.1 Å². The minimum absolute atomic E-state index is 0.0611. The number of hydrogen-bond donors (Lipinski definition) is 1. The van der Waals surface area contributed by atoms with E-state index in [9.17, 15) is 52.7 Å². The Labute approximate surface area is 188 Å². The van der Waals surface area contributed by atoms with Crippen LogP contribution in [-0.4, -0.2) is 25.0 Å². The molecule has 2 aromatic carbocycles. The van der Waals surface area contributed by atoms with E-state index >= 15 is 0 Å². The second-order valence-electron chi connectivity index (χ2n) is 5.62. The smallest absolute Gasteiger partial charge is 0.478 e. The summed E-state index contributed by atoms with van der Waals surface area (Å²) in [5.41, 5.74) is -8.75. The number of hydrogen-bond acceptors (Lipinski definition) is 4. The average molecular weight is 553 g/mol. The standard InChI is InChI=1S/C8H3ClF6O3S.C8H4ClF3O2/c9-5-2-1-4(7(10,11)12)3-6(5)18-19(16,17)8(13,14)15;9-6-2-1-4(8(10,11)12)3-5(6)7(13)14/h1-3H;1-3H,(H,13,14). The predicted molar refractivity (Wildman–Crippen MR) is 95.5 cm³/mol. The Morgan fingerprint density at radius 1 is 0.788 bits per heavy atom. The molecule has 184 valence electrons. The van der Waals surface area contributed by atoms with Gasteiger partial charge in [0.05, 0.1) is 26.7 Å². The van der Waals surface area contributed by atoms with Crippen molar-refractivity contribution in [3.05, 3.63) is 63.1 Å². The third-order valence-corrected chi connectivity index (χ3v) is 4.87. The largest absolute Gasteiger partial charge is 0.534 e. The molecule has 0 bridgehead atoms. The molecule has 2 aromatic rings. The first-order valence-electron chi connectivity index (χ1n) is 7.64. The SMILES string of the molecule is O=C(O)c1cc(C(F)(F)F)ccc1Cl.O=S(=O)(Oc1cc(C(F)(F)F)ccc1Cl)C(F)(F)F. The second-order valence-corrected chi connectivity index (χ2v) is 7.98. The van der Waals surface area contributed by atoms with Gasteiger partial charge in [0.2, 0.25) is 0 Å². The first-order valence-corrected chi connectivity index (χ1v) is 9.81. The minimum Gasteiger partial charge on any atom is -0.478 e. The zero-order valence-electron chi connectivity index (χ0n) is 15.1. The number of alkyl halides is 9. The van der Waals surface area contributed by atoms with E-state index in [1.807, 2.05) is 0 Å². The number of carboxylic acids is 1. The molecule has 0 fully saturated rings. The van der Waals surface area contributed by atoms with Crippen molar-refractivity contribution >= 4 is 39.3 Å². The monoisotopic (exact) mass is 552 g/mol. The highest BCUT2D eigenvalue weighted by molar-refractivity contribution is 7.88. The van der Waals surface area contributed by atoms with Crippen LogP contribution in [0, 0.1) is 0 Å². The highest BCUT2D eigenvalue weighted by atomic mass is 35.5.